The number of rotatable bonds is 6. The van der Waals surface area contributed by atoms with E-state index in [0.29, 0.717) is 35.5 Å². The Bertz CT molecular complexity index is 1030. The molecular formula is C23H27F3N4O2. The van der Waals surface area contributed by atoms with E-state index in [2.05, 4.69) is 10.9 Å². The number of hydrazine groups is 1. The maximum absolute atomic E-state index is 13.4. The Hall–Kier alpha value is -3.04. The minimum Gasteiger partial charge on any atom is -0.369 e. The zero-order chi connectivity index (χ0) is 23.6. The predicted molar refractivity (Wildman–Crippen MR) is 118 cm³/mol. The number of carbonyl (C=O) groups is 1. The molecule has 172 valence electrons. The lowest BCUT2D eigenvalue weighted by molar-refractivity contribution is -0.137. The van der Waals surface area contributed by atoms with Gasteiger partial charge >= 0.3 is 6.18 Å². The molecule has 2 aromatic carbocycles. The molecule has 1 amide bonds. The van der Waals surface area contributed by atoms with Crippen LogP contribution in [0.3, 0.4) is 0 Å². The normalized spacial score (nSPS) is 17.2. The number of hydrogen-bond acceptors (Lipinski definition) is 5. The third-order valence-electron chi connectivity index (χ3n) is 5.26. The summed E-state index contributed by atoms with van der Waals surface area (Å²) in [7, 11) is 0. The van der Waals surface area contributed by atoms with Gasteiger partial charge in [0.2, 0.25) is 5.91 Å². The summed E-state index contributed by atoms with van der Waals surface area (Å²) in [5, 5.41) is 11.2. The van der Waals surface area contributed by atoms with Crippen LogP contribution < -0.4 is 21.5 Å². The number of nitrogens with zero attached hydrogens (tertiary/aromatic N) is 1. The number of alkyl halides is 3. The number of benzene rings is 2. The van der Waals surface area contributed by atoms with Gasteiger partial charge in [0, 0.05) is 28.9 Å². The highest BCUT2D eigenvalue weighted by Crippen LogP contribution is 2.47. The second kappa shape index (κ2) is 9.22. The van der Waals surface area contributed by atoms with Crippen molar-refractivity contribution in [1.82, 2.24) is 10.9 Å². The van der Waals surface area contributed by atoms with Gasteiger partial charge < -0.3 is 21.2 Å². The number of hydrogen-bond donors (Lipinski definition) is 4. The topological polar surface area (TPSA) is 90.6 Å². The van der Waals surface area contributed by atoms with E-state index < -0.39 is 18.0 Å². The number of aliphatic hydroxyl groups excluding tert-OH is 1. The summed E-state index contributed by atoms with van der Waals surface area (Å²) in [5.41, 5.74) is 13.8. The molecule has 1 atom stereocenters. The summed E-state index contributed by atoms with van der Waals surface area (Å²) in [5.74, 6) is -0.276. The number of aryl methyl sites for hydroxylation is 2. The van der Waals surface area contributed by atoms with Gasteiger partial charge in [-0.2, -0.15) is 13.2 Å². The summed E-state index contributed by atoms with van der Waals surface area (Å²) < 4.78 is 40.2. The molecule has 0 saturated heterocycles. The van der Waals surface area contributed by atoms with E-state index in [9.17, 15) is 23.1 Å². The van der Waals surface area contributed by atoms with Crippen LogP contribution in [0.25, 0.3) is 5.57 Å². The van der Waals surface area contributed by atoms with E-state index in [-0.39, 0.29) is 18.0 Å². The first kappa shape index (κ1) is 23.6. The highest BCUT2D eigenvalue weighted by Gasteiger charge is 2.38. The highest BCUT2D eigenvalue weighted by molar-refractivity contribution is 5.92. The second-order valence-electron chi connectivity index (χ2n) is 7.92. The van der Waals surface area contributed by atoms with Crippen molar-refractivity contribution >= 4 is 22.9 Å². The molecule has 0 aromatic heterocycles. The Labute approximate surface area is 184 Å². The Morgan fingerprint density at radius 3 is 2.38 bits per heavy atom. The summed E-state index contributed by atoms with van der Waals surface area (Å²) in [6.45, 7) is 5.79. The lowest BCUT2D eigenvalue weighted by Gasteiger charge is -2.26. The van der Waals surface area contributed by atoms with Crippen LogP contribution in [0.2, 0.25) is 0 Å². The van der Waals surface area contributed by atoms with E-state index in [1.54, 1.807) is 19.1 Å². The second-order valence-corrected chi connectivity index (χ2v) is 7.92. The zero-order valence-electron chi connectivity index (χ0n) is 18.2. The van der Waals surface area contributed by atoms with Gasteiger partial charge in [-0.15, -0.1) is 0 Å². The van der Waals surface area contributed by atoms with E-state index in [0.717, 1.165) is 23.3 Å². The molecule has 6 nitrogen and oxygen atoms in total. The fraction of sp³-hybridized carbons (Fsp3) is 0.348. The molecular weight excluding hydrogens is 421 g/mol. The summed E-state index contributed by atoms with van der Waals surface area (Å²) in [6.07, 6.45) is -5.02. The van der Waals surface area contributed by atoms with Crippen LogP contribution in [-0.2, 0) is 11.0 Å². The number of carbonyl (C=O) groups excluding carboxylic acids is 1. The Morgan fingerprint density at radius 2 is 1.78 bits per heavy atom. The van der Waals surface area contributed by atoms with Crippen LogP contribution in [0.15, 0.2) is 42.1 Å². The molecule has 2 aromatic rings. The number of halogens is 3. The maximum Gasteiger partial charge on any atom is 0.416 e. The van der Waals surface area contributed by atoms with E-state index in [4.69, 9.17) is 5.73 Å². The van der Waals surface area contributed by atoms with Crippen LogP contribution in [0.1, 0.15) is 42.0 Å². The Kier molecular flexibility index (Phi) is 6.80. The van der Waals surface area contributed by atoms with E-state index >= 15 is 0 Å². The SMILES string of the molecule is C/C(NNC(=O)CCCN)=C1\c2ccc(C(F)(F)F)cc2N(c2cc(C)cc(C)c2)C1O. The standard InChI is InChI=1S/C23H27F3N4O2/c1-13-9-14(2)11-17(10-13)30-19-12-16(23(24,25)26)6-7-18(19)21(22(30)32)15(3)28-29-20(31)5-4-8-27/h6-7,9-12,22,28,32H,4-5,8,27H2,1-3H3,(H,29,31)/b21-15-. The molecule has 32 heavy (non-hydrogen) atoms. The molecule has 1 aliphatic rings. The van der Waals surface area contributed by atoms with E-state index in [1.807, 2.05) is 19.9 Å². The Morgan fingerprint density at radius 1 is 1.12 bits per heavy atom. The third-order valence-corrected chi connectivity index (χ3v) is 5.26. The van der Waals surface area contributed by atoms with Crippen LogP contribution in [-0.4, -0.2) is 23.8 Å². The van der Waals surface area contributed by atoms with Gasteiger partial charge in [-0.05, 0) is 69.1 Å². The molecule has 9 heteroatoms. The summed E-state index contributed by atoms with van der Waals surface area (Å²) in [6, 6.07) is 8.93. The first-order valence-electron chi connectivity index (χ1n) is 10.3. The van der Waals surface area contributed by atoms with Crippen LogP contribution in [0.4, 0.5) is 24.5 Å². The number of allylic oxidation sites excluding steroid dienone is 1. The van der Waals surface area contributed by atoms with Crippen LogP contribution in [0.5, 0.6) is 0 Å². The number of amides is 1. The molecule has 0 aliphatic carbocycles. The zero-order valence-corrected chi connectivity index (χ0v) is 18.2. The van der Waals surface area contributed by atoms with Crippen molar-refractivity contribution in [1.29, 1.82) is 0 Å². The van der Waals surface area contributed by atoms with Crippen molar-refractivity contribution in [3.05, 3.63) is 64.3 Å². The Balaban J connectivity index is 2.07. The van der Waals surface area contributed by atoms with Gasteiger partial charge in [-0.25, -0.2) is 0 Å². The summed E-state index contributed by atoms with van der Waals surface area (Å²) in [4.78, 5) is 13.4. The van der Waals surface area contributed by atoms with Crippen molar-refractivity contribution in [2.45, 2.75) is 46.0 Å². The molecule has 5 N–H and O–H groups in total. The molecule has 0 bridgehead atoms. The molecule has 1 unspecified atom stereocenters. The summed E-state index contributed by atoms with van der Waals surface area (Å²) >= 11 is 0. The quantitative estimate of drug-likeness (QED) is 0.504. The van der Waals surface area contributed by atoms with Crippen molar-refractivity contribution in [2.24, 2.45) is 5.73 Å². The van der Waals surface area contributed by atoms with Crippen molar-refractivity contribution in [2.75, 3.05) is 11.4 Å². The largest absolute Gasteiger partial charge is 0.416 e. The van der Waals surface area contributed by atoms with Gasteiger partial charge in [-0.3, -0.25) is 10.2 Å². The maximum atomic E-state index is 13.4. The van der Waals surface area contributed by atoms with Crippen molar-refractivity contribution < 1.29 is 23.1 Å². The third kappa shape index (κ3) is 4.89. The van der Waals surface area contributed by atoms with Gasteiger partial charge in [0.1, 0.15) is 0 Å². The lowest BCUT2D eigenvalue weighted by atomic mass is 10.0. The molecule has 1 aliphatic heterocycles. The first-order valence-corrected chi connectivity index (χ1v) is 10.3. The van der Waals surface area contributed by atoms with Gasteiger partial charge in [-0.1, -0.05) is 12.1 Å². The van der Waals surface area contributed by atoms with E-state index in [1.165, 1.54) is 11.0 Å². The highest BCUT2D eigenvalue weighted by atomic mass is 19.4. The number of aliphatic hydroxyl groups is 1. The van der Waals surface area contributed by atoms with Crippen molar-refractivity contribution in [3.63, 3.8) is 0 Å². The number of nitrogens with one attached hydrogen (secondary N) is 2. The molecule has 1 heterocycles. The molecule has 0 spiro atoms. The lowest BCUT2D eigenvalue weighted by Crippen LogP contribution is -2.37. The fourth-order valence-electron chi connectivity index (χ4n) is 3.86. The monoisotopic (exact) mass is 448 g/mol. The minimum atomic E-state index is -4.52. The molecule has 0 fully saturated rings. The smallest absolute Gasteiger partial charge is 0.369 e. The minimum absolute atomic E-state index is 0.231. The predicted octanol–water partition coefficient (Wildman–Crippen LogP) is 3.88. The van der Waals surface area contributed by atoms with Crippen LogP contribution >= 0.6 is 0 Å². The average molecular weight is 448 g/mol. The molecule has 0 saturated carbocycles. The molecule has 3 rings (SSSR count). The number of nitrogens with two attached hydrogens (primary N) is 1. The number of anilines is 2. The van der Waals surface area contributed by atoms with Gasteiger partial charge in [0.15, 0.2) is 6.23 Å². The van der Waals surface area contributed by atoms with Crippen molar-refractivity contribution in [3.8, 4) is 0 Å². The molecule has 0 radical (unpaired) electrons. The van der Waals surface area contributed by atoms with Gasteiger partial charge in [0.25, 0.3) is 0 Å². The fourth-order valence-corrected chi connectivity index (χ4v) is 3.86. The van der Waals surface area contributed by atoms with Gasteiger partial charge in [0.05, 0.1) is 11.3 Å². The van der Waals surface area contributed by atoms with Crippen LogP contribution in [0, 0.1) is 13.8 Å². The number of fused-ring (bicyclic) bond motifs is 1. The average Bonchev–Trinajstić information content (AvgIpc) is 3.00. The first-order chi connectivity index (χ1) is 15.0.